The fraction of sp³-hybridized carbons (Fsp3) is 0.562. The van der Waals surface area contributed by atoms with Crippen molar-refractivity contribution in [3.63, 3.8) is 0 Å². The molecule has 0 amide bonds. The summed E-state index contributed by atoms with van der Waals surface area (Å²) in [6, 6.07) is 4.48. The van der Waals surface area contributed by atoms with Crippen LogP contribution in [0.4, 0.5) is 32.0 Å². The van der Waals surface area contributed by atoms with Crippen molar-refractivity contribution in [2.75, 3.05) is 23.7 Å². The Hall–Kier alpha value is -2.02. The molecule has 0 aromatic heterocycles. The van der Waals surface area contributed by atoms with E-state index in [4.69, 9.17) is 0 Å². The Labute approximate surface area is 163 Å². The predicted octanol–water partition coefficient (Wildman–Crippen LogP) is 3.49. The number of carbonyl (C=O) groups excluding carboxylic acids is 1. The molecule has 166 valence electrons. The second kappa shape index (κ2) is 8.78. The van der Waals surface area contributed by atoms with Crippen LogP contribution < -0.4 is 4.90 Å². The van der Waals surface area contributed by atoms with Gasteiger partial charge in [-0.05, 0) is 37.6 Å². The highest BCUT2D eigenvalue weighted by molar-refractivity contribution is 7.85. The molecule has 0 saturated carbocycles. The Bertz CT molecular complexity index is 791. The molecule has 0 aliphatic rings. The third-order valence-electron chi connectivity index (χ3n) is 3.91. The molecular weight excluding hydrogens is 432 g/mol. The number of nitrogens with zero attached hydrogens (tertiary/aromatic N) is 1. The summed E-state index contributed by atoms with van der Waals surface area (Å²) >= 11 is 0. The van der Waals surface area contributed by atoms with Gasteiger partial charge in [0, 0.05) is 18.8 Å². The molecule has 0 bridgehead atoms. The SMILES string of the molecule is CCCN(CC)c1ccc(C(=O)OC(CS(=O)(=O)[O-])(C(F)(F)F)C(F)(F)F)cc1. The van der Waals surface area contributed by atoms with Crippen molar-refractivity contribution in [1.82, 2.24) is 0 Å². The lowest BCUT2D eigenvalue weighted by molar-refractivity contribution is -0.356. The number of rotatable bonds is 8. The summed E-state index contributed by atoms with van der Waals surface area (Å²) in [5.74, 6) is -5.11. The fourth-order valence-corrected chi connectivity index (χ4v) is 3.37. The van der Waals surface area contributed by atoms with Crippen molar-refractivity contribution in [1.29, 1.82) is 0 Å². The standard InChI is InChI=1S/C16H19F6NO5S/c1-3-9-23(4-2)12-7-5-11(6-8-12)13(24)28-14(15(17,18)19,16(20,21)22)10-29(25,26)27/h5-8H,3-4,9-10H2,1-2H3,(H,25,26,27)/p-1. The minimum atomic E-state index is -6.40. The number of carbonyl (C=O) groups is 1. The summed E-state index contributed by atoms with van der Waals surface area (Å²) in [6.07, 6.45) is -12.0. The topological polar surface area (TPSA) is 86.7 Å². The van der Waals surface area contributed by atoms with E-state index < -0.39 is 45.4 Å². The van der Waals surface area contributed by atoms with Crippen molar-refractivity contribution in [3.8, 4) is 0 Å². The second-order valence-electron chi connectivity index (χ2n) is 6.04. The molecule has 0 fully saturated rings. The largest absolute Gasteiger partial charge is 0.748 e. The maximum atomic E-state index is 13.2. The Morgan fingerprint density at radius 1 is 1.03 bits per heavy atom. The summed E-state index contributed by atoms with van der Waals surface area (Å²) in [7, 11) is -6.08. The lowest BCUT2D eigenvalue weighted by atomic mass is 10.1. The monoisotopic (exact) mass is 450 g/mol. The average molecular weight is 450 g/mol. The molecule has 1 rings (SSSR count). The van der Waals surface area contributed by atoms with Gasteiger partial charge in [0.25, 0.3) is 0 Å². The minimum absolute atomic E-state index is 0.560. The van der Waals surface area contributed by atoms with Gasteiger partial charge in [-0.25, -0.2) is 13.2 Å². The van der Waals surface area contributed by atoms with Gasteiger partial charge in [0.2, 0.25) is 0 Å². The van der Waals surface area contributed by atoms with Crippen molar-refractivity contribution in [2.24, 2.45) is 0 Å². The van der Waals surface area contributed by atoms with Gasteiger partial charge < -0.3 is 14.2 Å². The lowest BCUT2D eigenvalue weighted by Crippen LogP contribution is -2.63. The molecule has 1 aromatic rings. The molecule has 1 aromatic carbocycles. The van der Waals surface area contributed by atoms with Gasteiger partial charge in [0.1, 0.15) is 0 Å². The number of anilines is 1. The number of halogens is 6. The molecule has 0 radical (unpaired) electrons. The van der Waals surface area contributed by atoms with Crippen LogP contribution in [-0.2, 0) is 14.9 Å². The normalized spacial score (nSPS) is 13.3. The number of alkyl halides is 6. The zero-order chi connectivity index (χ0) is 22.7. The summed E-state index contributed by atoms with van der Waals surface area (Å²) in [4.78, 5) is 13.8. The van der Waals surface area contributed by atoms with Gasteiger partial charge >= 0.3 is 23.9 Å². The molecule has 13 heteroatoms. The molecule has 0 unspecified atom stereocenters. The zero-order valence-corrected chi connectivity index (χ0v) is 16.1. The van der Waals surface area contributed by atoms with Gasteiger partial charge in [-0.15, -0.1) is 0 Å². The number of benzene rings is 1. The van der Waals surface area contributed by atoms with E-state index in [-0.39, 0.29) is 0 Å². The van der Waals surface area contributed by atoms with E-state index in [1.165, 1.54) is 12.1 Å². The van der Waals surface area contributed by atoms with Crippen LogP contribution in [0, 0.1) is 0 Å². The molecule has 0 spiro atoms. The second-order valence-corrected chi connectivity index (χ2v) is 7.44. The van der Waals surface area contributed by atoms with Crippen LogP contribution >= 0.6 is 0 Å². The maximum absolute atomic E-state index is 13.2. The maximum Gasteiger partial charge on any atom is 0.438 e. The molecule has 0 N–H and O–H groups in total. The van der Waals surface area contributed by atoms with E-state index in [2.05, 4.69) is 4.74 Å². The van der Waals surface area contributed by atoms with Gasteiger partial charge in [-0.2, -0.15) is 26.3 Å². The zero-order valence-electron chi connectivity index (χ0n) is 15.3. The summed E-state index contributed by atoms with van der Waals surface area (Å²) in [5.41, 5.74) is -5.61. The van der Waals surface area contributed by atoms with Gasteiger partial charge in [0.15, 0.2) is 0 Å². The molecule has 0 aliphatic heterocycles. The van der Waals surface area contributed by atoms with Crippen molar-refractivity contribution in [2.45, 2.75) is 38.2 Å². The first-order valence-corrected chi connectivity index (χ1v) is 9.81. The minimum Gasteiger partial charge on any atom is -0.748 e. The van der Waals surface area contributed by atoms with Crippen LogP contribution in [-0.4, -0.2) is 55.7 Å². The van der Waals surface area contributed by atoms with Gasteiger partial charge in [-0.3, -0.25) is 0 Å². The molecule has 0 heterocycles. The Balaban J connectivity index is 3.31. The third-order valence-corrected chi connectivity index (χ3v) is 4.67. The molecular formula is C16H18F6NO5S-. The van der Waals surface area contributed by atoms with Gasteiger partial charge in [-0.1, -0.05) is 6.92 Å². The number of ether oxygens (including phenoxy) is 1. The van der Waals surface area contributed by atoms with Crippen LogP contribution in [0.1, 0.15) is 30.6 Å². The molecule has 0 saturated heterocycles. The Morgan fingerprint density at radius 3 is 1.86 bits per heavy atom. The summed E-state index contributed by atoms with van der Waals surface area (Å²) in [5, 5.41) is 0. The first-order chi connectivity index (χ1) is 13.1. The predicted molar refractivity (Wildman–Crippen MR) is 89.4 cm³/mol. The van der Waals surface area contributed by atoms with Crippen LogP contribution in [0.25, 0.3) is 0 Å². The summed E-state index contributed by atoms with van der Waals surface area (Å²) < 4.78 is 115. The first kappa shape index (κ1) is 25.0. The molecule has 0 aliphatic carbocycles. The van der Waals surface area contributed by atoms with Crippen molar-refractivity contribution in [3.05, 3.63) is 29.8 Å². The van der Waals surface area contributed by atoms with Crippen LogP contribution in [0.5, 0.6) is 0 Å². The smallest absolute Gasteiger partial charge is 0.438 e. The van der Waals surface area contributed by atoms with Gasteiger partial charge in [0.05, 0.1) is 21.4 Å². The van der Waals surface area contributed by atoms with E-state index in [0.717, 1.165) is 18.6 Å². The number of esters is 1. The highest BCUT2D eigenvalue weighted by atomic mass is 32.2. The Kier molecular flexibility index (Phi) is 7.57. The van der Waals surface area contributed by atoms with E-state index >= 15 is 0 Å². The Morgan fingerprint density at radius 2 is 1.52 bits per heavy atom. The number of hydrogen-bond acceptors (Lipinski definition) is 6. The van der Waals surface area contributed by atoms with Crippen LogP contribution in [0.15, 0.2) is 24.3 Å². The lowest BCUT2D eigenvalue weighted by Gasteiger charge is -2.36. The highest BCUT2D eigenvalue weighted by Crippen LogP contribution is 2.47. The quantitative estimate of drug-likeness (QED) is 0.342. The van der Waals surface area contributed by atoms with Crippen molar-refractivity contribution < 1.29 is 48.8 Å². The van der Waals surface area contributed by atoms with E-state index in [9.17, 15) is 44.1 Å². The van der Waals surface area contributed by atoms with E-state index in [0.29, 0.717) is 18.8 Å². The highest BCUT2D eigenvalue weighted by Gasteiger charge is 2.75. The third kappa shape index (κ3) is 5.98. The molecule has 6 nitrogen and oxygen atoms in total. The van der Waals surface area contributed by atoms with E-state index in [1.807, 2.05) is 18.7 Å². The van der Waals surface area contributed by atoms with Crippen LogP contribution in [0.2, 0.25) is 0 Å². The number of hydrogen-bond donors (Lipinski definition) is 0. The van der Waals surface area contributed by atoms with Crippen LogP contribution in [0.3, 0.4) is 0 Å². The average Bonchev–Trinajstić information content (AvgIpc) is 2.56. The summed E-state index contributed by atoms with van der Waals surface area (Å²) in [6.45, 7) is 4.89. The van der Waals surface area contributed by atoms with Crippen molar-refractivity contribution >= 4 is 21.8 Å². The molecule has 29 heavy (non-hydrogen) atoms. The fourth-order valence-electron chi connectivity index (χ4n) is 2.48. The first-order valence-electron chi connectivity index (χ1n) is 8.23. The van der Waals surface area contributed by atoms with E-state index in [1.54, 1.807) is 0 Å². The molecule has 0 atom stereocenters.